The smallest absolute Gasteiger partial charge is 0.319 e. The average molecular weight is 452 g/mol. The highest BCUT2D eigenvalue weighted by Crippen LogP contribution is 2.25. The monoisotopic (exact) mass is 451 g/mol. The number of hydrogen-bond donors (Lipinski definition) is 3. The minimum absolute atomic E-state index is 0.0261. The fourth-order valence-corrected chi connectivity index (χ4v) is 4.01. The molecule has 3 aromatic rings. The van der Waals surface area contributed by atoms with Crippen molar-refractivity contribution >= 4 is 11.7 Å². The number of urea groups is 1. The van der Waals surface area contributed by atoms with Crippen LogP contribution in [0.25, 0.3) is 11.3 Å². The van der Waals surface area contributed by atoms with Crippen LogP contribution in [0.5, 0.6) is 5.75 Å². The Morgan fingerprint density at radius 1 is 1.18 bits per heavy atom. The number of nitrogens with one attached hydrogen (secondary N) is 2. The molecule has 174 valence electrons. The van der Waals surface area contributed by atoms with E-state index in [0.717, 1.165) is 24.1 Å². The molecular weight excluding hydrogens is 422 g/mol. The van der Waals surface area contributed by atoms with Crippen LogP contribution in [0.3, 0.4) is 0 Å². The van der Waals surface area contributed by atoms with Crippen molar-refractivity contribution in [3.05, 3.63) is 60.8 Å². The lowest BCUT2D eigenvalue weighted by molar-refractivity contribution is -0.0905. The van der Waals surface area contributed by atoms with E-state index >= 15 is 0 Å². The third-order valence-corrected chi connectivity index (χ3v) is 5.76. The zero-order valence-electron chi connectivity index (χ0n) is 18.6. The second-order valence-electron chi connectivity index (χ2n) is 7.98. The molecule has 4 rings (SSSR count). The van der Waals surface area contributed by atoms with Crippen molar-refractivity contribution < 1.29 is 19.4 Å². The third kappa shape index (κ3) is 5.88. The summed E-state index contributed by atoms with van der Waals surface area (Å²) < 4.78 is 13.2. The molecule has 2 amide bonds. The van der Waals surface area contributed by atoms with Crippen molar-refractivity contribution in [2.24, 2.45) is 0 Å². The molecule has 2 heterocycles. The van der Waals surface area contributed by atoms with Crippen LogP contribution in [0.1, 0.15) is 19.3 Å². The summed E-state index contributed by atoms with van der Waals surface area (Å²) in [5, 5.41) is 24.0. The first-order chi connectivity index (χ1) is 16.2. The van der Waals surface area contributed by atoms with E-state index in [2.05, 4.69) is 20.9 Å². The number of rotatable bonds is 8. The number of aliphatic hydroxyl groups excluding tert-OH is 1. The lowest BCUT2D eigenvalue weighted by atomic mass is 9.97. The minimum atomic E-state index is -0.470. The van der Waals surface area contributed by atoms with Crippen LogP contribution in [-0.4, -0.2) is 58.1 Å². The van der Waals surface area contributed by atoms with Crippen molar-refractivity contribution in [2.75, 3.05) is 19.0 Å². The van der Waals surface area contributed by atoms with Gasteiger partial charge in [-0.15, -0.1) is 5.10 Å². The number of benzene rings is 2. The summed E-state index contributed by atoms with van der Waals surface area (Å²) in [5.74, 6) is 0.579. The SMILES string of the molecule is COc1ccccc1NC(=O)N[C@H]1CC[C@@H](CCn2cc(-c3ccccc3)nn2)O[C@@H]1CO. The van der Waals surface area contributed by atoms with Gasteiger partial charge in [0.05, 0.1) is 37.7 Å². The van der Waals surface area contributed by atoms with Crippen LogP contribution in [0.2, 0.25) is 0 Å². The van der Waals surface area contributed by atoms with E-state index < -0.39 is 6.10 Å². The summed E-state index contributed by atoms with van der Waals surface area (Å²) in [6.45, 7) is 0.493. The largest absolute Gasteiger partial charge is 0.495 e. The molecular formula is C24H29N5O4. The predicted octanol–water partition coefficient (Wildman–Crippen LogP) is 3.07. The minimum Gasteiger partial charge on any atom is -0.495 e. The van der Waals surface area contributed by atoms with Gasteiger partial charge in [-0.3, -0.25) is 4.68 Å². The number of anilines is 1. The first-order valence-electron chi connectivity index (χ1n) is 11.1. The number of methoxy groups -OCH3 is 1. The second kappa shape index (κ2) is 10.9. The fraction of sp³-hybridized carbons (Fsp3) is 0.375. The van der Waals surface area contributed by atoms with Gasteiger partial charge in [0.15, 0.2) is 0 Å². The molecule has 1 fully saturated rings. The number of aryl methyl sites for hydroxylation is 1. The highest BCUT2D eigenvalue weighted by Gasteiger charge is 2.32. The summed E-state index contributed by atoms with van der Waals surface area (Å²) in [7, 11) is 1.55. The number of amides is 2. The number of ether oxygens (including phenoxy) is 2. The molecule has 1 saturated heterocycles. The number of para-hydroxylation sites is 2. The molecule has 2 aromatic carbocycles. The van der Waals surface area contributed by atoms with Gasteiger partial charge < -0.3 is 25.2 Å². The molecule has 3 atom stereocenters. The van der Waals surface area contributed by atoms with Gasteiger partial charge in [-0.1, -0.05) is 47.7 Å². The second-order valence-corrected chi connectivity index (χ2v) is 7.98. The zero-order chi connectivity index (χ0) is 23.0. The van der Waals surface area contributed by atoms with E-state index in [1.54, 1.807) is 19.2 Å². The third-order valence-electron chi connectivity index (χ3n) is 5.76. The van der Waals surface area contributed by atoms with Crippen LogP contribution in [0.4, 0.5) is 10.5 Å². The molecule has 3 N–H and O–H groups in total. The van der Waals surface area contributed by atoms with Crippen molar-refractivity contribution in [3.63, 3.8) is 0 Å². The summed E-state index contributed by atoms with van der Waals surface area (Å²) >= 11 is 0. The highest BCUT2D eigenvalue weighted by molar-refractivity contribution is 5.91. The van der Waals surface area contributed by atoms with Gasteiger partial charge in [0.2, 0.25) is 0 Å². The van der Waals surface area contributed by atoms with Gasteiger partial charge in [0.1, 0.15) is 17.5 Å². The Morgan fingerprint density at radius 2 is 1.97 bits per heavy atom. The molecule has 1 aromatic heterocycles. The van der Waals surface area contributed by atoms with Gasteiger partial charge in [-0.05, 0) is 31.4 Å². The van der Waals surface area contributed by atoms with Gasteiger partial charge in [-0.2, -0.15) is 0 Å². The highest BCUT2D eigenvalue weighted by atomic mass is 16.5. The van der Waals surface area contributed by atoms with Gasteiger partial charge in [0, 0.05) is 12.1 Å². The number of hydrogen-bond acceptors (Lipinski definition) is 6. The van der Waals surface area contributed by atoms with Crippen LogP contribution >= 0.6 is 0 Å². The topological polar surface area (TPSA) is 111 Å². The predicted molar refractivity (Wildman–Crippen MR) is 124 cm³/mol. The fourth-order valence-electron chi connectivity index (χ4n) is 4.01. The maximum atomic E-state index is 12.5. The van der Waals surface area contributed by atoms with Crippen molar-refractivity contribution in [1.82, 2.24) is 20.3 Å². The molecule has 1 aliphatic heterocycles. The number of nitrogens with zero attached hydrogens (tertiary/aromatic N) is 3. The van der Waals surface area contributed by atoms with Gasteiger partial charge in [-0.25, -0.2) is 4.79 Å². The molecule has 9 heteroatoms. The number of aromatic nitrogens is 3. The Labute approximate surface area is 192 Å². The Balaban J connectivity index is 1.27. The van der Waals surface area contributed by atoms with E-state index in [1.807, 2.05) is 53.3 Å². The quantitative estimate of drug-likeness (QED) is 0.486. The van der Waals surface area contributed by atoms with E-state index in [-0.39, 0.29) is 24.8 Å². The van der Waals surface area contributed by atoms with Crippen LogP contribution < -0.4 is 15.4 Å². The van der Waals surface area contributed by atoms with E-state index in [1.165, 1.54) is 0 Å². The Bertz CT molecular complexity index is 1040. The summed E-state index contributed by atoms with van der Waals surface area (Å²) in [5.41, 5.74) is 2.44. The lowest BCUT2D eigenvalue weighted by Gasteiger charge is -2.36. The summed E-state index contributed by atoms with van der Waals surface area (Å²) in [6, 6.07) is 16.5. The standard InChI is InChI=1S/C24H29N5O4/c1-32-22-10-6-5-9-19(22)25-24(31)26-20-12-11-18(33-23(20)16-30)13-14-29-15-21(27-28-29)17-7-3-2-4-8-17/h2-10,15,18,20,23,30H,11-14,16H2,1H3,(H2,25,26,31)/t18-,20-,23+/m0/s1. The van der Waals surface area contributed by atoms with E-state index in [0.29, 0.717) is 24.4 Å². The maximum Gasteiger partial charge on any atom is 0.319 e. The summed E-state index contributed by atoms with van der Waals surface area (Å²) in [4.78, 5) is 12.5. The molecule has 0 radical (unpaired) electrons. The molecule has 33 heavy (non-hydrogen) atoms. The Hall–Kier alpha value is -3.43. The van der Waals surface area contributed by atoms with Crippen molar-refractivity contribution in [2.45, 2.75) is 44.1 Å². The van der Waals surface area contributed by atoms with E-state index in [9.17, 15) is 9.90 Å². The zero-order valence-corrected chi connectivity index (χ0v) is 18.6. The van der Waals surface area contributed by atoms with Gasteiger partial charge in [0.25, 0.3) is 0 Å². The molecule has 0 spiro atoms. The van der Waals surface area contributed by atoms with Crippen LogP contribution in [0.15, 0.2) is 60.8 Å². The number of aliphatic hydroxyl groups is 1. The number of carbonyl (C=O) groups excluding carboxylic acids is 1. The molecule has 0 unspecified atom stereocenters. The normalized spacial score (nSPS) is 20.2. The maximum absolute atomic E-state index is 12.5. The summed E-state index contributed by atoms with van der Waals surface area (Å²) in [6.07, 6.45) is 3.66. The number of carbonyl (C=O) groups is 1. The van der Waals surface area contributed by atoms with Crippen molar-refractivity contribution in [3.8, 4) is 17.0 Å². The Morgan fingerprint density at radius 3 is 2.76 bits per heavy atom. The first kappa shape index (κ1) is 22.8. The average Bonchev–Trinajstić information content (AvgIpc) is 3.33. The van der Waals surface area contributed by atoms with Crippen LogP contribution in [-0.2, 0) is 11.3 Å². The molecule has 1 aliphatic rings. The Kier molecular flexibility index (Phi) is 7.54. The molecule has 9 nitrogen and oxygen atoms in total. The van der Waals surface area contributed by atoms with Gasteiger partial charge >= 0.3 is 6.03 Å². The molecule has 0 saturated carbocycles. The first-order valence-corrected chi connectivity index (χ1v) is 11.1. The lowest BCUT2D eigenvalue weighted by Crippen LogP contribution is -2.52. The van der Waals surface area contributed by atoms with Crippen molar-refractivity contribution in [1.29, 1.82) is 0 Å². The molecule has 0 bridgehead atoms. The van der Waals surface area contributed by atoms with Crippen LogP contribution in [0, 0.1) is 0 Å². The van der Waals surface area contributed by atoms with E-state index in [4.69, 9.17) is 9.47 Å². The molecule has 0 aliphatic carbocycles.